The van der Waals surface area contributed by atoms with Crippen LogP contribution in [0.4, 0.5) is 10.2 Å². The number of halogens is 2. The number of amides is 1. The predicted molar refractivity (Wildman–Crippen MR) is 130 cm³/mol. The Balaban J connectivity index is 1.46. The Bertz CT molecular complexity index is 1480. The maximum atomic E-state index is 13.7. The zero-order valence-corrected chi connectivity index (χ0v) is 19.4. The first kappa shape index (κ1) is 22.6. The van der Waals surface area contributed by atoms with Gasteiger partial charge in [0.25, 0.3) is 5.91 Å². The number of nitrogens with one attached hydrogen (secondary N) is 1. The third kappa shape index (κ3) is 4.61. The lowest BCUT2D eigenvalue weighted by Gasteiger charge is -2.35. The molecule has 0 saturated heterocycles. The average Bonchev–Trinajstić information content (AvgIpc) is 3.16. The van der Waals surface area contributed by atoms with Crippen LogP contribution in [-0.4, -0.2) is 31.7 Å². The first-order valence-electron chi connectivity index (χ1n) is 10.9. The van der Waals surface area contributed by atoms with Gasteiger partial charge in [-0.1, -0.05) is 17.5 Å². The molecule has 3 heterocycles. The SMILES string of the molecule is CC#CC(=O)N[C@H]1C[C@@H](n2nc(-c3ccnc(Oc4cc(F)cc(Cl)c4)c3)c3c(N)nccc32)C1. The summed E-state index contributed by atoms with van der Waals surface area (Å²) in [5.41, 5.74) is 8.42. The van der Waals surface area contributed by atoms with Gasteiger partial charge in [0.1, 0.15) is 23.1 Å². The molecule has 0 atom stereocenters. The minimum Gasteiger partial charge on any atom is -0.439 e. The number of nitrogen functional groups attached to an aromatic ring is 1. The molecular weight excluding hydrogens is 471 g/mol. The molecule has 10 heteroatoms. The number of fused-ring (bicyclic) bond motifs is 1. The van der Waals surface area contributed by atoms with Crippen LogP contribution >= 0.6 is 11.6 Å². The van der Waals surface area contributed by atoms with Gasteiger partial charge in [-0.15, -0.1) is 0 Å². The van der Waals surface area contributed by atoms with Crippen LogP contribution in [0.2, 0.25) is 5.02 Å². The lowest BCUT2D eigenvalue weighted by atomic mass is 9.86. The maximum Gasteiger partial charge on any atom is 0.296 e. The van der Waals surface area contributed by atoms with Crippen molar-refractivity contribution in [2.75, 3.05) is 5.73 Å². The van der Waals surface area contributed by atoms with Gasteiger partial charge in [0, 0.05) is 41.2 Å². The van der Waals surface area contributed by atoms with E-state index in [-0.39, 0.29) is 34.6 Å². The van der Waals surface area contributed by atoms with Crippen molar-refractivity contribution in [2.24, 2.45) is 0 Å². The first-order chi connectivity index (χ1) is 16.9. The fraction of sp³-hybridized carbons (Fsp3) is 0.200. The zero-order valence-electron chi connectivity index (χ0n) is 18.6. The fourth-order valence-corrected chi connectivity index (χ4v) is 4.37. The molecule has 0 unspecified atom stereocenters. The Labute approximate surface area is 205 Å². The van der Waals surface area contributed by atoms with E-state index < -0.39 is 5.82 Å². The molecule has 0 spiro atoms. The number of rotatable bonds is 5. The summed E-state index contributed by atoms with van der Waals surface area (Å²) in [6, 6.07) is 9.40. The van der Waals surface area contributed by atoms with Gasteiger partial charge in [-0.05, 0) is 50.0 Å². The summed E-state index contributed by atoms with van der Waals surface area (Å²) < 4.78 is 21.4. The van der Waals surface area contributed by atoms with Gasteiger partial charge in [-0.25, -0.2) is 14.4 Å². The number of nitrogens with zero attached hydrogens (tertiary/aromatic N) is 4. The summed E-state index contributed by atoms with van der Waals surface area (Å²) in [5, 5.41) is 8.69. The number of ether oxygens (including phenoxy) is 1. The summed E-state index contributed by atoms with van der Waals surface area (Å²) >= 11 is 5.93. The highest BCUT2D eigenvalue weighted by Gasteiger charge is 2.34. The van der Waals surface area contributed by atoms with E-state index in [1.165, 1.54) is 18.2 Å². The summed E-state index contributed by atoms with van der Waals surface area (Å²) in [5.74, 6) is 5.13. The number of aromatic nitrogens is 4. The van der Waals surface area contributed by atoms with Crippen molar-refractivity contribution < 1.29 is 13.9 Å². The van der Waals surface area contributed by atoms with Gasteiger partial charge >= 0.3 is 0 Å². The first-order valence-corrected chi connectivity index (χ1v) is 11.3. The van der Waals surface area contributed by atoms with E-state index in [2.05, 4.69) is 27.1 Å². The number of pyridine rings is 2. The number of carbonyl (C=O) groups is 1. The van der Waals surface area contributed by atoms with Crippen LogP contribution in [0.5, 0.6) is 11.6 Å². The van der Waals surface area contributed by atoms with Gasteiger partial charge in [-0.3, -0.25) is 9.48 Å². The molecule has 1 amide bonds. The molecule has 1 fully saturated rings. The second-order valence-electron chi connectivity index (χ2n) is 8.14. The number of anilines is 1. The molecule has 8 nitrogen and oxygen atoms in total. The number of hydrogen-bond acceptors (Lipinski definition) is 6. The van der Waals surface area contributed by atoms with Crippen molar-refractivity contribution in [3.05, 3.63) is 59.6 Å². The molecular formula is C25H20ClFN6O2. The highest BCUT2D eigenvalue weighted by Crippen LogP contribution is 2.39. The van der Waals surface area contributed by atoms with Crippen molar-refractivity contribution in [1.82, 2.24) is 25.1 Å². The fourth-order valence-electron chi connectivity index (χ4n) is 4.15. The normalized spacial score (nSPS) is 16.8. The van der Waals surface area contributed by atoms with Gasteiger partial charge in [-0.2, -0.15) is 5.10 Å². The maximum absolute atomic E-state index is 13.7. The number of carbonyl (C=O) groups excluding carboxylic acids is 1. The molecule has 3 N–H and O–H groups in total. The minimum atomic E-state index is -0.510. The van der Waals surface area contributed by atoms with Gasteiger partial charge < -0.3 is 15.8 Å². The van der Waals surface area contributed by atoms with E-state index in [0.29, 0.717) is 22.5 Å². The van der Waals surface area contributed by atoms with Crippen LogP contribution in [0, 0.1) is 17.7 Å². The van der Waals surface area contributed by atoms with Gasteiger partial charge in [0.05, 0.1) is 16.9 Å². The largest absolute Gasteiger partial charge is 0.439 e. The van der Waals surface area contributed by atoms with Crippen LogP contribution in [0.3, 0.4) is 0 Å². The standard InChI is InChI=1S/C25H20ClFN6O2/c1-2-3-21(34)31-17-12-18(13-17)33-20-5-7-30-25(28)23(20)24(32-33)14-4-6-29-22(8-14)35-19-10-15(26)9-16(27)11-19/h4-11,17-18H,12-13H2,1H3,(H2,28,30)(H,31,34)/t17-,18+. The van der Waals surface area contributed by atoms with E-state index in [0.717, 1.165) is 18.4 Å². The Morgan fingerprint density at radius 1 is 1.23 bits per heavy atom. The zero-order chi connectivity index (χ0) is 24.5. The van der Waals surface area contributed by atoms with E-state index in [4.69, 9.17) is 27.2 Å². The van der Waals surface area contributed by atoms with E-state index in [9.17, 15) is 9.18 Å². The highest BCUT2D eigenvalue weighted by atomic mass is 35.5. The summed E-state index contributed by atoms with van der Waals surface area (Å²) in [7, 11) is 0. The molecule has 4 aromatic rings. The lowest BCUT2D eigenvalue weighted by molar-refractivity contribution is -0.117. The van der Waals surface area contributed by atoms with Crippen molar-refractivity contribution in [3.8, 4) is 34.7 Å². The number of benzene rings is 1. The molecule has 5 rings (SSSR count). The monoisotopic (exact) mass is 490 g/mol. The molecule has 0 radical (unpaired) electrons. The Morgan fingerprint density at radius 3 is 2.80 bits per heavy atom. The lowest BCUT2D eigenvalue weighted by Crippen LogP contribution is -2.44. The third-order valence-corrected chi connectivity index (χ3v) is 5.97. The molecule has 35 heavy (non-hydrogen) atoms. The molecule has 0 aliphatic heterocycles. The van der Waals surface area contributed by atoms with Crippen LogP contribution < -0.4 is 15.8 Å². The topological polar surface area (TPSA) is 108 Å². The smallest absolute Gasteiger partial charge is 0.296 e. The third-order valence-electron chi connectivity index (χ3n) is 5.75. The van der Waals surface area contributed by atoms with Crippen molar-refractivity contribution >= 4 is 34.2 Å². The van der Waals surface area contributed by atoms with Gasteiger partial charge in [0.15, 0.2) is 0 Å². The minimum absolute atomic E-state index is 0.0363. The van der Waals surface area contributed by atoms with Crippen molar-refractivity contribution in [3.63, 3.8) is 0 Å². The molecule has 0 bridgehead atoms. The molecule has 1 aliphatic rings. The average molecular weight is 491 g/mol. The molecule has 1 saturated carbocycles. The number of nitrogens with two attached hydrogens (primary N) is 1. The second-order valence-corrected chi connectivity index (χ2v) is 8.58. The molecule has 3 aromatic heterocycles. The summed E-state index contributed by atoms with van der Waals surface area (Å²) in [6.45, 7) is 1.63. The van der Waals surface area contributed by atoms with Crippen LogP contribution in [0.15, 0.2) is 48.8 Å². The summed E-state index contributed by atoms with van der Waals surface area (Å²) in [6.07, 6.45) is 4.66. The second kappa shape index (κ2) is 9.24. The Hall–Kier alpha value is -4.16. The highest BCUT2D eigenvalue weighted by molar-refractivity contribution is 6.30. The molecule has 176 valence electrons. The predicted octanol–water partition coefficient (Wildman–Crippen LogP) is 4.50. The number of hydrogen-bond donors (Lipinski definition) is 2. The Kier molecular flexibility index (Phi) is 5.97. The van der Waals surface area contributed by atoms with Crippen LogP contribution in [0.1, 0.15) is 25.8 Å². The van der Waals surface area contributed by atoms with Gasteiger partial charge in [0.2, 0.25) is 5.88 Å². The Morgan fingerprint density at radius 2 is 2.03 bits per heavy atom. The summed E-state index contributed by atoms with van der Waals surface area (Å²) in [4.78, 5) is 20.2. The van der Waals surface area contributed by atoms with E-state index >= 15 is 0 Å². The molecule has 1 aromatic carbocycles. The van der Waals surface area contributed by atoms with E-state index in [1.54, 1.807) is 31.5 Å². The van der Waals surface area contributed by atoms with Crippen molar-refractivity contribution in [1.29, 1.82) is 0 Å². The van der Waals surface area contributed by atoms with E-state index in [1.807, 2.05) is 10.7 Å². The van der Waals surface area contributed by atoms with Crippen LogP contribution in [-0.2, 0) is 4.79 Å². The molecule has 1 aliphatic carbocycles. The quantitative estimate of drug-likeness (QED) is 0.399. The van der Waals surface area contributed by atoms with Crippen molar-refractivity contribution in [2.45, 2.75) is 31.8 Å². The van der Waals surface area contributed by atoms with Crippen LogP contribution in [0.25, 0.3) is 22.2 Å².